The van der Waals surface area contributed by atoms with E-state index in [2.05, 4.69) is 11.2 Å². The van der Waals surface area contributed by atoms with Gasteiger partial charge in [0.1, 0.15) is 11.5 Å². The number of benzene rings is 2. The molecular weight excluding hydrogens is 426 g/mol. The predicted molar refractivity (Wildman–Crippen MR) is 124 cm³/mol. The van der Waals surface area contributed by atoms with E-state index >= 15 is 0 Å². The Morgan fingerprint density at radius 3 is 2.69 bits per heavy atom. The molecule has 0 saturated heterocycles. The van der Waals surface area contributed by atoms with Gasteiger partial charge >= 0.3 is 5.97 Å². The zero-order valence-electron chi connectivity index (χ0n) is 17.4. The summed E-state index contributed by atoms with van der Waals surface area (Å²) in [5, 5.41) is 12.8. The van der Waals surface area contributed by atoms with Crippen LogP contribution in [0.2, 0.25) is 0 Å². The number of carbonyl (C=O) groups is 2. The maximum atomic E-state index is 12.7. The Kier molecular flexibility index (Phi) is 6.15. The Hall–Kier alpha value is -3.76. The summed E-state index contributed by atoms with van der Waals surface area (Å²) in [7, 11) is 0. The molecule has 32 heavy (non-hydrogen) atoms. The van der Waals surface area contributed by atoms with Crippen molar-refractivity contribution in [3.8, 4) is 35.0 Å². The molecule has 1 aliphatic heterocycles. The highest BCUT2D eigenvalue weighted by Gasteiger charge is 2.34. The molecule has 1 atom stereocenters. The van der Waals surface area contributed by atoms with E-state index in [0.29, 0.717) is 29.4 Å². The summed E-state index contributed by atoms with van der Waals surface area (Å²) < 4.78 is 11.3. The number of carboxylic acid groups (broad SMARTS) is 1. The van der Waals surface area contributed by atoms with E-state index < -0.39 is 5.97 Å². The zero-order chi connectivity index (χ0) is 22.7. The number of thiophene rings is 1. The summed E-state index contributed by atoms with van der Waals surface area (Å²) in [6.45, 7) is 2.42. The van der Waals surface area contributed by atoms with Gasteiger partial charge in [-0.25, -0.2) is 4.79 Å². The second kappa shape index (κ2) is 9.16. The second-order valence-electron chi connectivity index (χ2n) is 7.15. The largest absolute Gasteiger partial charge is 0.490 e. The standard InChI is InChI=1S/C25H21NO5S/c1-3-12-31-18-11-10-16(13-19(18)30-4-2)17-14-20(27)26-22-21(15-8-6-5-7-9-15)24(25(28)29)32-23(17)22/h1,5-11,13,17H,4,12,14H2,2H3,(H,26,27)(H,28,29). The summed E-state index contributed by atoms with van der Waals surface area (Å²) >= 11 is 1.19. The molecule has 1 aliphatic rings. The van der Waals surface area contributed by atoms with Gasteiger partial charge in [-0.15, -0.1) is 17.8 Å². The predicted octanol–water partition coefficient (Wildman–Crippen LogP) is 5.00. The van der Waals surface area contributed by atoms with Gasteiger partial charge in [0.15, 0.2) is 11.5 Å². The van der Waals surface area contributed by atoms with E-state index in [-0.39, 0.29) is 29.7 Å². The molecule has 0 fully saturated rings. The number of carboxylic acids is 1. The lowest BCUT2D eigenvalue weighted by Gasteiger charge is -2.24. The smallest absolute Gasteiger partial charge is 0.346 e. The number of nitrogens with one attached hydrogen (secondary N) is 1. The summed E-state index contributed by atoms with van der Waals surface area (Å²) in [4.78, 5) is 25.7. The van der Waals surface area contributed by atoms with Crippen LogP contribution < -0.4 is 14.8 Å². The van der Waals surface area contributed by atoms with Crippen LogP contribution in [-0.2, 0) is 4.79 Å². The maximum absolute atomic E-state index is 12.7. The molecule has 4 rings (SSSR count). The number of hydrogen-bond donors (Lipinski definition) is 2. The Morgan fingerprint density at radius 1 is 1.22 bits per heavy atom. The number of fused-ring (bicyclic) bond motifs is 1. The summed E-state index contributed by atoms with van der Waals surface area (Å²) in [6.07, 6.45) is 5.50. The van der Waals surface area contributed by atoms with Crippen LogP contribution in [0.1, 0.15) is 39.4 Å². The van der Waals surface area contributed by atoms with E-state index in [1.807, 2.05) is 49.4 Å². The molecule has 2 heterocycles. The average Bonchev–Trinajstić information content (AvgIpc) is 3.18. The van der Waals surface area contributed by atoms with Crippen molar-refractivity contribution in [2.24, 2.45) is 0 Å². The Bertz CT molecular complexity index is 1210. The molecule has 1 unspecified atom stereocenters. The fourth-order valence-corrected chi connectivity index (χ4v) is 5.08. The topological polar surface area (TPSA) is 84.9 Å². The van der Waals surface area contributed by atoms with Crippen molar-refractivity contribution in [1.29, 1.82) is 0 Å². The van der Waals surface area contributed by atoms with Crippen molar-refractivity contribution in [3.05, 3.63) is 63.8 Å². The van der Waals surface area contributed by atoms with Crippen LogP contribution >= 0.6 is 11.3 Å². The maximum Gasteiger partial charge on any atom is 0.346 e. The van der Waals surface area contributed by atoms with Crippen molar-refractivity contribution in [2.75, 3.05) is 18.5 Å². The van der Waals surface area contributed by atoms with Crippen molar-refractivity contribution >= 4 is 28.9 Å². The monoisotopic (exact) mass is 447 g/mol. The van der Waals surface area contributed by atoms with Crippen LogP contribution in [0.3, 0.4) is 0 Å². The van der Waals surface area contributed by atoms with Crippen LogP contribution in [0, 0.1) is 12.3 Å². The van der Waals surface area contributed by atoms with Gasteiger partial charge in [-0.3, -0.25) is 4.79 Å². The molecule has 2 N–H and O–H groups in total. The Morgan fingerprint density at radius 2 is 2.00 bits per heavy atom. The van der Waals surface area contributed by atoms with E-state index in [0.717, 1.165) is 16.0 Å². The molecule has 0 spiro atoms. The van der Waals surface area contributed by atoms with Gasteiger partial charge in [0.05, 0.1) is 12.3 Å². The minimum Gasteiger partial charge on any atom is -0.490 e. The number of anilines is 1. The van der Waals surface area contributed by atoms with Crippen LogP contribution in [-0.4, -0.2) is 30.2 Å². The van der Waals surface area contributed by atoms with Crippen molar-refractivity contribution in [1.82, 2.24) is 0 Å². The van der Waals surface area contributed by atoms with E-state index in [9.17, 15) is 14.7 Å². The normalized spacial score (nSPS) is 14.8. The fraction of sp³-hybridized carbons (Fsp3) is 0.200. The number of hydrogen-bond acceptors (Lipinski definition) is 5. The lowest BCUT2D eigenvalue weighted by Crippen LogP contribution is -2.22. The zero-order valence-corrected chi connectivity index (χ0v) is 18.2. The molecule has 1 amide bonds. The first-order valence-corrected chi connectivity index (χ1v) is 10.9. The van der Waals surface area contributed by atoms with Gasteiger partial charge in [-0.1, -0.05) is 42.3 Å². The molecule has 162 valence electrons. The third-order valence-electron chi connectivity index (χ3n) is 5.14. The minimum absolute atomic E-state index is 0.114. The summed E-state index contributed by atoms with van der Waals surface area (Å²) in [6, 6.07) is 14.7. The second-order valence-corrected chi connectivity index (χ2v) is 8.21. The first kappa shape index (κ1) is 21.5. The first-order chi connectivity index (χ1) is 15.5. The molecule has 0 radical (unpaired) electrons. The number of carbonyl (C=O) groups excluding carboxylic acids is 1. The van der Waals surface area contributed by atoms with Gasteiger partial charge in [0, 0.05) is 22.8 Å². The summed E-state index contributed by atoms with van der Waals surface area (Å²) in [5.74, 6) is 1.99. The molecule has 7 heteroatoms. The molecule has 0 aliphatic carbocycles. The lowest BCUT2D eigenvalue weighted by atomic mass is 9.88. The van der Waals surface area contributed by atoms with Gasteiger partial charge < -0.3 is 19.9 Å². The van der Waals surface area contributed by atoms with Gasteiger partial charge in [-0.2, -0.15) is 0 Å². The Labute approximate surface area is 189 Å². The third kappa shape index (κ3) is 4.05. The molecule has 0 bridgehead atoms. The number of terminal acetylenes is 1. The molecule has 3 aromatic rings. The molecule has 0 saturated carbocycles. The molecule has 6 nitrogen and oxygen atoms in total. The van der Waals surface area contributed by atoms with Crippen molar-refractivity contribution < 1.29 is 24.2 Å². The van der Waals surface area contributed by atoms with Gasteiger partial charge in [-0.05, 0) is 30.2 Å². The highest BCUT2D eigenvalue weighted by Crippen LogP contribution is 2.50. The highest BCUT2D eigenvalue weighted by molar-refractivity contribution is 7.15. The fourth-order valence-electron chi connectivity index (χ4n) is 3.84. The van der Waals surface area contributed by atoms with Gasteiger partial charge in [0.2, 0.25) is 5.91 Å². The quantitative estimate of drug-likeness (QED) is 0.498. The summed E-state index contributed by atoms with van der Waals surface area (Å²) in [5.41, 5.74) is 2.69. The van der Waals surface area contributed by atoms with E-state index in [1.165, 1.54) is 11.3 Å². The van der Waals surface area contributed by atoms with E-state index in [1.54, 1.807) is 6.07 Å². The number of amides is 1. The molecule has 2 aromatic carbocycles. The van der Waals surface area contributed by atoms with E-state index in [4.69, 9.17) is 15.9 Å². The number of rotatable bonds is 7. The highest BCUT2D eigenvalue weighted by atomic mass is 32.1. The number of ether oxygens (including phenoxy) is 2. The van der Waals surface area contributed by atoms with Crippen LogP contribution in [0.15, 0.2) is 48.5 Å². The molecular formula is C25H21NO5S. The SMILES string of the molecule is C#CCOc1ccc(C2CC(=O)Nc3c2sc(C(=O)O)c3-c2ccccc2)cc1OCC. The van der Waals surface area contributed by atoms with Crippen LogP contribution in [0.4, 0.5) is 5.69 Å². The third-order valence-corrected chi connectivity index (χ3v) is 6.44. The van der Waals surface area contributed by atoms with Crippen LogP contribution in [0.5, 0.6) is 11.5 Å². The first-order valence-electron chi connectivity index (χ1n) is 10.1. The van der Waals surface area contributed by atoms with Crippen molar-refractivity contribution in [2.45, 2.75) is 19.3 Å². The lowest BCUT2D eigenvalue weighted by molar-refractivity contribution is -0.116. The Balaban J connectivity index is 1.84. The van der Waals surface area contributed by atoms with Gasteiger partial charge in [0.25, 0.3) is 0 Å². The number of aromatic carboxylic acids is 1. The minimum atomic E-state index is -1.02. The average molecular weight is 448 g/mol. The van der Waals surface area contributed by atoms with Crippen LogP contribution in [0.25, 0.3) is 11.1 Å². The molecule has 1 aromatic heterocycles. The van der Waals surface area contributed by atoms with Crippen molar-refractivity contribution in [3.63, 3.8) is 0 Å².